The van der Waals surface area contributed by atoms with Gasteiger partial charge in [0.05, 0.1) is 18.6 Å². The molecular formula is C25H29N3O3. The second-order valence-corrected chi connectivity index (χ2v) is 8.37. The molecule has 31 heavy (non-hydrogen) atoms. The number of ether oxygens (including phenoxy) is 1. The standard InChI is InChI=1S/C25H29N3O3/c1-3-13-26-24(30)22-16-28(15-18-7-5-4-6-8-18)17-25(22)12-11-19-9-10-20(31-2)14-21(19)23(29)27-25/h3-10,14,22H,1,11-13,15-17H2,2H3,(H,26,30)(H,27,29)/t22-,25+/m0/s1. The molecule has 0 aromatic heterocycles. The Bertz CT molecular complexity index is 975. The smallest absolute Gasteiger partial charge is 0.252 e. The Labute approximate surface area is 183 Å². The average molecular weight is 420 g/mol. The molecule has 0 radical (unpaired) electrons. The third-order valence-corrected chi connectivity index (χ3v) is 6.36. The molecule has 0 unspecified atom stereocenters. The van der Waals surface area contributed by atoms with Gasteiger partial charge in [-0.2, -0.15) is 0 Å². The van der Waals surface area contributed by atoms with Crippen molar-refractivity contribution in [2.75, 3.05) is 26.7 Å². The molecular weight excluding hydrogens is 390 g/mol. The molecule has 2 atom stereocenters. The number of hydrogen-bond donors (Lipinski definition) is 2. The van der Waals surface area contributed by atoms with Crippen LogP contribution in [0, 0.1) is 5.92 Å². The van der Waals surface area contributed by atoms with Gasteiger partial charge in [-0.25, -0.2) is 0 Å². The zero-order valence-electron chi connectivity index (χ0n) is 17.9. The van der Waals surface area contributed by atoms with Crippen LogP contribution in [0.25, 0.3) is 0 Å². The van der Waals surface area contributed by atoms with Crippen molar-refractivity contribution in [3.8, 4) is 5.75 Å². The topological polar surface area (TPSA) is 70.7 Å². The lowest BCUT2D eigenvalue weighted by atomic mass is 9.82. The summed E-state index contributed by atoms with van der Waals surface area (Å²) in [6.07, 6.45) is 3.10. The average Bonchev–Trinajstić information content (AvgIpc) is 3.07. The number of benzene rings is 2. The highest BCUT2D eigenvalue weighted by Crippen LogP contribution is 2.36. The summed E-state index contributed by atoms with van der Waals surface area (Å²) in [5, 5.41) is 6.21. The lowest BCUT2D eigenvalue weighted by molar-refractivity contribution is -0.126. The predicted molar refractivity (Wildman–Crippen MR) is 120 cm³/mol. The van der Waals surface area contributed by atoms with Gasteiger partial charge in [-0.05, 0) is 36.1 Å². The maximum absolute atomic E-state index is 13.2. The van der Waals surface area contributed by atoms with E-state index in [-0.39, 0.29) is 17.7 Å². The summed E-state index contributed by atoms with van der Waals surface area (Å²) >= 11 is 0. The minimum Gasteiger partial charge on any atom is -0.497 e. The van der Waals surface area contributed by atoms with Gasteiger partial charge in [0.15, 0.2) is 0 Å². The van der Waals surface area contributed by atoms with E-state index in [0.717, 1.165) is 18.5 Å². The molecule has 4 rings (SSSR count). The van der Waals surface area contributed by atoms with Crippen molar-refractivity contribution >= 4 is 11.8 Å². The van der Waals surface area contributed by atoms with Gasteiger partial charge < -0.3 is 15.4 Å². The molecule has 6 nitrogen and oxygen atoms in total. The number of rotatable bonds is 6. The van der Waals surface area contributed by atoms with E-state index in [1.807, 2.05) is 30.3 Å². The number of carbonyl (C=O) groups is 2. The summed E-state index contributed by atoms with van der Waals surface area (Å²) in [5.41, 5.74) is 2.19. The lowest BCUT2D eigenvalue weighted by Crippen LogP contribution is -2.57. The summed E-state index contributed by atoms with van der Waals surface area (Å²) in [6, 6.07) is 15.8. The molecule has 2 aromatic rings. The third-order valence-electron chi connectivity index (χ3n) is 6.36. The number of likely N-dealkylation sites (tertiary alicyclic amines) is 1. The highest BCUT2D eigenvalue weighted by Gasteiger charge is 2.51. The number of carbonyl (C=O) groups excluding carboxylic acids is 2. The van der Waals surface area contributed by atoms with E-state index < -0.39 is 5.54 Å². The van der Waals surface area contributed by atoms with Gasteiger partial charge in [-0.1, -0.05) is 42.5 Å². The van der Waals surface area contributed by atoms with Gasteiger partial charge in [0, 0.05) is 31.7 Å². The Morgan fingerprint density at radius 1 is 1.32 bits per heavy atom. The maximum atomic E-state index is 13.2. The first kappa shape index (κ1) is 21.1. The first-order chi connectivity index (χ1) is 15.0. The van der Waals surface area contributed by atoms with E-state index in [1.165, 1.54) is 5.56 Å². The highest BCUT2D eigenvalue weighted by molar-refractivity contribution is 5.97. The van der Waals surface area contributed by atoms with Gasteiger partial charge >= 0.3 is 0 Å². The molecule has 2 amide bonds. The fourth-order valence-electron chi connectivity index (χ4n) is 4.80. The van der Waals surface area contributed by atoms with Crippen molar-refractivity contribution in [2.24, 2.45) is 5.92 Å². The molecule has 0 bridgehead atoms. The lowest BCUT2D eigenvalue weighted by Gasteiger charge is -2.34. The Balaban J connectivity index is 1.62. The molecule has 2 N–H and O–H groups in total. The van der Waals surface area contributed by atoms with Crippen molar-refractivity contribution in [2.45, 2.75) is 24.9 Å². The van der Waals surface area contributed by atoms with E-state index in [2.05, 4.69) is 34.2 Å². The first-order valence-corrected chi connectivity index (χ1v) is 10.7. The number of methoxy groups -OCH3 is 1. The highest BCUT2D eigenvalue weighted by atomic mass is 16.5. The van der Waals surface area contributed by atoms with Crippen molar-refractivity contribution in [3.05, 3.63) is 77.9 Å². The molecule has 1 spiro atoms. The summed E-state index contributed by atoms with van der Waals surface area (Å²) in [7, 11) is 1.59. The van der Waals surface area contributed by atoms with Gasteiger partial charge in [-0.3, -0.25) is 14.5 Å². The summed E-state index contributed by atoms with van der Waals surface area (Å²) < 4.78 is 5.31. The zero-order valence-corrected chi connectivity index (χ0v) is 17.9. The minimum atomic E-state index is -0.622. The molecule has 6 heteroatoms. The fraction of sp³-hybridized carbons (Fsp3) is 0.360. The molecule has 2 heterocycles. The molecule has 2 aromatic carbocycles. The number of nitrogens with zero attached hydrogens (tertiary/aromatic N) is 1. The van der Waals surface area contributed by atoms with E-state index in [4.69, 9.17) is 4.74 Å². The van der Waals surface area contributed by atoms with Crippen LogP contribution in [0.2, 0.25) is 0 Å². The van der Waals surface area contributed by atoms with Crippen molar-refractivity contribution < 1.29 is 14.3 Å². The summed E-state index contributed by atoms with van der Waals surface area (Å²) in [4.78, 5) is 28.6. The van der Waals surface area contributed by atoms with E-state index in [1.54, 1.807) is 19.3 Å². The van der Waals surface area contributed by atoms with Gasteiger partial charge in [-0.15, -0.1) is 6.58 Å². The minimum absolute atomic E-state index is 0.0423. The van der Waals surface area contributed by atoms with Gasteiger partial charge in [0.2, 0.25) is 5.91 Å². The number of nitrogens with one attached hydrogen (secondary N) is 2. The molecule has 2 aliphatic rings. The monoisotopic (exact) mass is 419 g/mol. The zero-order chi connectivity index (χ0) is 21.8. The van der Waals surface area contributed by atoms with Crippen LogP contribution in [0.4, 0.5) is 0 Å². The Kier molecular flexibility index (Phi) is 6.09. The van der Waals surface area contributed by atoms with Crippen molar-refractivity contribution in [3.63, 3.8) is 0 Å². The largest absolute Gasteiger partial charge is 0.497 e. The van der Waals surface area contributed by atoms with Gasteiger partial charge in [0.1, 0.15) is 5.75 Å². The van der Waals surface area contributed by atoms with E-state index in [0.29, 0.717) is 37.4 Å². The molecule has 2 aliphatic heterocycles. The molecule has 162 valence electrons. The Morgan fingerprint density at radius 3 is 2.87 bits per heavy atom. The van der Waals surface area contributed by atoms with Gasteiger partial charge in [0.25, 0.3) is 5.91 Å². The first-order valence-electron chi connectivity index (χ1n) is 10.7. The van der Waals surface area contributed by atoms with E-state index >= 15 is 0 Å². The summed E-state index contributed by atoms with van der Waals surface area (Å²) in [5.74, 6) is 0.132. The molecule has 1 fully saturated rings. The van der Waals surface area contributed by atoms with Crippen LogP contribution in [0.15, 0.2) is 61.2 Å². The van der Waals surface area contributed by atoms with E-state index in [9.17, 15) is 9.59 Å². The van der Waals surface area contributed by atoms with Crippen LogP contribution >= 0.6 is 0 Å². The second kappa shape index (κ2) is 8.94. The SMILES string of the molecule is C=CCNC(=O)[C@@H]1CN(Cc2ccccc2)C[C@]12CCc1ccc(OC)cc1C(=O)N2. The quantitative estimate of drug-likeness (QED) is 0.706. The maximum Gasteiger partial charge on any atom is 0.252 e. The van der Waals surface area contributed by atoms with Crippen LogP contribution in [-0.4, -0.2) is 49.0 Å². The van der Waals surface area contributed by atoms with Crippen molar-refractivity contribution in [1.29, 1.82) is 0 Å². The Hall–Kier alpha value is -3.12. The Morgan fingerprint density at radius 2 is 2.13 bits per heavy atom. The number of fused-ring (bicyclic) bond motifs is 1. The number of amides is 2. The predicted octanol–water partition coefficient (Wildman–Crippen LogP) is 2.54. The molecule has 1 saturated heterocycles. The fourth-order valence-corrected chi connectivity index (χ4v) is 4.80. The van der Waals surface area contributed by atoms with Crippen molar-refractivity contribution in [1.82, 2.24) is 15.5 Å². The number of hydrogen-bond acceptors (Lipinski definition) is 4. The van der Waals surface area contributed by atoms with Crippen LogP contribution in [0.3, 0.4) is 0 Å². The third kappa shape index (κ3) is 4.35. The summed E-state index contributed by atoms with van der Waals surface area (Å²) in [6.45, 7) is 6.08. The molecule has 0 aliphatic carbocycles. The normalized spacial score (nSPS) is 23.0. The van der Waals surface area contributed by atoms with Crippen LogP contribution in [0.5, 0.6) is 5.75 Å². The molecule has 0 saturated carbocycles. The second-order valence-electron chi connectivity index (χ2n) is 8.37. The number of aryl methyl sites for hydroxylation is 1. The van der Waals surface area contributed by atoms with Crippen LogP contribution in [0.1, 0.15) is 27.9 Å². The van der Waals surface area contributed by atoms with Crippen LogP contribution in [-0.2, 0) is 17.8 Å². The van der Waals surface area contributed by atoms with Crippen LogP contribution < -0.4 is 15.4 Å².